The molecule has 0 aromatic rings. The summed E-state index contributed by atoms with van der Waals surface area (Å²) in [5.74, 6) is -0.623. The number of aliphatic hydroxyl groups excluding tert-OH is 1. The van der Waals surface area contributed by atoms with Gasteiger partial charge < -0.3 is 21.5 Å². The van der Waals surface area contributed by atoms with E-state index in [0.717, 1.165) is 19.3 Å². The molecule has 1 saturated heterocycles. The Bertz CT molecular complexity index is 317. The molecule has 1 heterocycles. The second-order valence-electron chi connectivity index (χ2n) is 4.90. The van der Waals surface area contributed by atoms with Crippen molar-refractivity contribution in [3.05, 3.63) is 0 Å². The van der Waals surface area contributed by atoms with Gasteiger partial charge in [-0.3, -0.25) is 9.59 Å². The maximum absolute atomic E-state index is 11.5. The first-order valence-electron chi connectivity index (χ1n) is 6.09. The molecular weight excluding hydrogens is 222 g/mol. The molecule has 2 fully saturated rings. The standard InChI is InChI=1S/C11H19N3O3/c12-8(5-6-3-4-13-10(6)16)9(15)11(17)14-7-1-2-7/h6-9,15H,1-5,12H2,(H,13,16)(H,14,17)/t6-,8-,9?/m0/s1. The van der Waals surface area contributed by atoms with E-state index in [1.54, 1.807) is 0 Å². The zero-order valence-corrected chi connectivity index (χ0v) is 9.69. The van der Waals surface area contributed by atoms with E-state index < -0.39 is 18.1 Å². The molecule has 0 radical (unpaired) electrons. The molecule has 0 spiro atoms. The highest BCUT2D eigenvalue weighted by Crippen LogP contribution is 2.20. The molecule has 1 saturated carbocycles. The number of hydrogen-bond acceptors (Lipinski definition) is 4. The summed E-state index contributed by atoms with van der Waals surface area (Å²) in [7, 11) is 0. The van der Waals surface area contributed by atoms with E-state index >= 15 is 0 Å². The Morgan fingerprint density at radius 1 is 1.53 bits per heavy atom. The maximum atomic E-state index is 11.5. The fourth-order valence-electron chi connectivity index (χ4n) is 2.04. The summed E-state index contributed by atoms with van der Waals surface area (Å²) in [6.45, 7) is 0.653. The SMILES string of the molecule is N[C@@H](C[C@@H]1CCNC1=O)C(O)C(=O)NC1CC1. The van der Waals surface area contributed by atoms with Crippen molar-refractivity contribution in [3.63, 3.8) is 0 Å². The highest BCUT2D eigenvalue weighted by molar-refractivity contribution is 5.83. The van der Waals surface area contributed by atoms with Gasteiger partial charge >= 0.3 is 0 Å². The van der Waals surface area contributed by atoms with E-state index in [9.17, 15) is 14.7 Å². The Labute approximate surface area is 99.9 Å². The average Bonchev–Trinajstić information content (AvgIpc) is 3.02. The summed E-state index contributed by atoms with van der Waals surface area (Å²) in [4.78, 5) is 22.9. The zero-order chi connectivity index (χ0) is 12.4. The topological polar surface area (TPSA) is 104 Å². The molecule has 5 N–H and O–H groups in total. The lowest BCUT2D eigenvalue weighted by Crippen LogP contribution is -2.48. The molecule has 0 aromatic carbocycles. The van der Waals surface area contributed by atoms with Crippen LogP contribution in [-0.4, -0.2) is 41.7 Å². The molecule has 1 aliphatic heterocycles. The molecule has 6 heteroatoms. The van der Waals surface area contributed by atoms with Gasteiger partial charge in [0.2, 0.25) is 5.91 Å². The monoisotopic (exact) mass is 241 g/mol. The summed E-state index contributed by atoms with van der Waals surface area (Å²) >= 11 is 0. The van der Waals surface area contributed by atoms with Gasteiger partial charge in [0.15, 0.2) is 0 Å². The van der Waals surface area contributed by atoms with Crippen molar-refractivity contribution in [2.75, 3.05) is 6.54 Å². The minimum Gasteiger partial charge on any atom is -0.382 e. The maximum Gasteiger partial charge on any atom is 0.250 e. The quantitative estimate of drug-likeness (QED) is 0.469. The van der Waals surface area contributed by atoms with E-state index in [2.05, 4.69) is 10.6 Å². The lowest BCUT2D eigenvalue weighted by molar-refractivity contribution is -0.131. The first kappa shape index (κ1) is 12.3. The van der Waals surface area contributed by atoms with Gasteiger partial charge in [0.25, 0.3) is 5.91 Å². The smallest absolute Gasteiger partial charge is 0.250 e. The van der Waals surface area contributed by atoms with Gasteiger partial charge in [-0.1, -0.05) is 0 Å². The molecule has 96 valence electrons. The van der Waals surface area contributed by atoms with Gasteiger partial charge in [0, 0.05) is 24.5 Å². The highest BCUT2D eigenvalue weighted by atomic mass is 16.3. The summed E-state index contributed by atoms with van der Waals surface area (Å²) < 4.78 is 0. The van der Waals surface area contributed by atoms with Crippen molar-refractivity contribution in [2.24, 2.45) is 11.7 Å². The lowest BCUT2D eigenvalue weighted by atomic mass is 9.95. The third kappa shape index (κ3) is 3.17. The van der Waals surface area contributed by atoms with Gasteiger partial charge in [-0.2, -0.15) is 0 Å². The predicted octanol–water partition coefficient (Wildman–Crippen LogP) is -1.52. The number of hydrogen-bond donors (Lipinski definition) is 4. The highest BCUT2D eigenvalue weighted by Gasteiger charge is 2.33. The van der Waals surface area contributed by atoms with E-state index in [4.69, 9.17) is 5.73 Å². The van der Waals surface area contributed by atoms with Crippen molar-refractivity contribution < 1.29 is 14.7 Å². The lowest BCUT2D eigenvalue weighted by Gasteiger charge is -2.20. The van der Waals surface area contributed by atoms with Crippen LogP contribution in [0.1, 0.15) is 25.7 Å². The molecule has 0 bridgehead atoms. The molecule has 2 aliphatic rings. The zero-order valence-electron chi connectivity index (χ0n) is 9.69. The van der Waals surface area contributed by atoms with Crippen LogP contribution in [0.25, 0.3) is 0 Å². The minimum atomic E-state index is -1.22. The van der Waals surface area contributed by atoms with Crippen molar-refractivity contribution >= 4 is 11.8 Å². The molecule has 3 atom stereocenters. The largest absolute Gasteiger partial charge is 0.382 e. The molecule has 1 unspecified atom stereocenters. The van der Waals surface area contributed by atoms with Crippen LogP contribution in [0.15, 0.2) is 0 Å². The van der Waals surface area contributed by atoms with Crippen LogP contribution in [0, 0.1) is 5.92 Å². The third-order valence-electron chi connectivity index (χ3n) is 3.32. The third-order valence-corrected chi connectivity index (χ3v) is 3.32. The molecule has 2 rings (SSSR count). The number of nitrogens with two attached hydrogens (primary N) is 1. The van der Waals surface area contributed by atoms with Crippen molar-refractivity contribution in [1.82, 2.24) is 10.6 Å². The van der Waals surface area contributed by atoms with Gasteiger partial charge in [0.05, 0.1) is 0 Å². The van der Waals surface area contributed by atoms with E-state index in [1.165, 1.54) is 0 Å². The Hall–Kier alpha value is -1.14. The van der Waals surface area contributed by atoms with E-state index in [-0.39, 0.29) is 17.9 Å². The van der Waals surface area contributed by atoms with Crippen LogP contribution in [-0.2, 0) is 9.59 Å². The van der Waals surface area contributed by atoms with Crippen LogP contribution in [0.3, 0.4) is 0 Å². The average molecular weight is 241 g/mol. The van der Waals surface area contributed by atoms with Gasteiger partial charge in [0.1, 0.15) is 6.10 Å². The summed E-state index contributed by atoms with van der Waals surface area (Å²) in [6.07, 6.45) is 1.80. The Balaban J connectivity index is 1.78. The Morgan fingerprint density at radius 3 is 2.76 bits per heavy atom. The van der Waals surface area contributed by atoms with Gasteiger partial charge in [-0.05, 0) is 25.7 Å². The van der Waals surface area contributed by atoms with E-state index in [1.807, 2.05) is 0 Å². The first-order chi connectivity index (χ1) is 8.08. The number of aliphatic hydroxyl groups is 1. The molecular formula is C11H19N3O3. The normalized spacial score (nSPS) is 27.4. The summed E-state index contributed by atoms with van der Waals surface area (Å²) in [6, 6.07) is -0.471. The minimum absolute atomic E-state index is 0.0322. The van der Waals surface area contributed by atoms with Gasteiger partial charge in [-0.15, -0.1) is 0 Å². The van der Waals surface area contributed by atoms with Crippen molar-refractivity contribution in [2.45, 2.75) is 43.9 Å². The van der Waals surface area contributed by atoms with Gasteiger partial charge in [-0.25, -0.2) is 0 Å². The Kier molecular flexibility index (Phi) is 3.63. The number of carbonyl (C=O) groups is 2. The van der Waals surface area contributed by atoms with Crippen molar-refractivity contribution in [1.29, 1.82) is 0 Å². The summed E-state index contributed by atoms with van der Waals surface area (Å²) in [5, 5.41) is 15.2. The molecule has 2 amide bonds. The van der Waals surface area contributed by atoms with Crippen LogP contribution in [0.5, 0.6) is 0 Å². The van der Waals surface area contributed by atoms with Crippen LogP contribution < -0.4 is 16.4 Å². The van der Waals surface area contributed by atoms with Crippen LogP contribution in [0.4, 0.5) is 0 Å². The molecule has 6 nitrogen and oxygen atoms in total. The van der Waals surface area contributed by atoms with Crippen molar-refractivity contribution in [3.8, 4) is 0 Å². The summed E-state index contributed by atoms with van der Waals surface area (Å²) in [5.41, 5.74) is 5.77. The number of amides is 2. The van der Waals surface area contributed by atoms with E-state index in [0.29, 0.717) is 13.0 Å². The number of carbonyl (C=O) groups excluding carboxylic acids is 2. The molecule has 1 aliphatic carbocycles. The fraction of sp³-hybridized carbons (Fsp3) is 0.818. The molecule has 17 heavy (non-hydrogen) atoms. The number of rotatable bonds is 5. The predicted molar refractivity (Wildman–Crippen MR) is 60.9 cm³/mol. The first-order valence-corrected chi connectivity index (χ1v) is 6.09. The molecule has 0 aromatic heterocycles. The Morgan fingerprint density at radius 2 is 2.24 bits per heavy atom. The van der Waals surface area contributed by atoms with Crippen LogP contribution in [0.2, 0.25) is 0 Å². The second kappa shape index (κ2) is 5.01. The fourth-order valence-corrected chi connectivity index (χ4v) is 2.04. The number of nitrogens with one attached hydrogen (secondary N) is 2. The van der Waals surface area contributed by atoms with Crippen LogP contribution >= 0.6 is 0 Å². The second-order valence-corrected chi connectivity index (χ2v) is 4.90.